The Morgan fingerprint density at radius 3 is 2.82 bits per heavy atom. The van der Waals surface area contributed by atoms with Gasteiger partial charge in [-0.3, -0.25) is 0 Å². The molecule has 3 heteroatoms. The van der Waals surface area contributed by atoms with E-state index in [9.17, 15) is 4.39 Å². The summed E-state index contributed by atoms with van der Waals surface area (Å²) in [5.41, 5.74) is 0.928. The third-order valence-electron chi connectivity index (χ3n) is 1.35. The van der Waals surface area contributed by atoms with Gasteiger partial charge in [-0.15, -0.1) is 0 Å². The quantitative estimate of drug-likeness (QED) is 0.742. The Kier molecular flexibility index (Phi) is 2.88. The molecule has 0 N–H and O–H groups in total. The van der Waals surface area contributed by atoms with Crippen molar-refractivity contribution in [3.63, 3.8) is 0 Å². The summed E-state index contributed by atoms with van der Waals surface area (Å²) in [5.74, 6) is 0.593. The highest BCUT2D eigenvalue weighted by atomic mass is 79.9. The molecule has 0 unspecified atom stereocenters. The van der Waals surface area contributed by atoms with E-state index in [1.807, 2.05) is 19.1 Å². The highest BCUT2D eigenvalue weighted by Crippen LogP contribution is 2.21. The van der Waals surface area contributed by atoms with Crippen molar-refractivity contribution >= 4 is 15.9 Å². The minimum absolute atomic E-state index is 0.593. The van der Waals surface area contributed by atoms with Gasteiger partial charge in [0.25, 0.3) is 0 Å². The Balaban J connectivity index is 2.90. The first-order valence-electron chi connectivity index (χ1n) is 3.19. The van der Waals surface area contributed by atoms with E-state index in [4.69, 9.17) is 4.74 Å². The maximum atomic E-state index is 11.7. The highest BCUT2D eigenvalue weighted by molar-refractivity contribution is 9.10. The molecule has 0 spiro atoms. The van der Waals surface area contributed by atoms with Gasteiger partial charge in [0.2, 0.25) is 6.86 Å². The zero-order valence-corrected chi connectivity index (χ0v) is 7.69. The molecule has 0 amide bonds. The topological polar surface area (TPSA) is 9.23 Å². The van der Waals surface area contributed by atoms with Crippen LogP contribution in [0.15, 0.2) is 22.7 Å². The number of ether oxygens (including phenoxy) is 1. The van der Waals surface area contributed by atoms with Crippen molar-refractivity contribution < 1.29 is 9.13 Å². The molecule has 1 rings (SSSR count). The van der Waals surface area contributed by atoms with Crippen molar-refractivity contribution in [1.82, 2.24) is 0 Å². The third kappa shape index (κ3) is 2.19. The first-order valence-corrected chi connectivity index (χ1v) is 3.98. The van der Waals surface area contributed by atoms with E-state index in [1.165, 1.54) is 0 Å². The summed E-state index contributed by atoms with van der Waals surface area (Å²) in [6.07, 6.45) is 0. The fourth-order valence-electron chi connectivity index (χ4n) is 0.834. The van der Waals surface area contributed by atoms with Gasteiger partial charge in [-0.1, -0.05) is 15.9 Å². The number of halogens is 2. The Labute approximate surface area is 73.3 Å². The molecule has 0 radical (unpaired) electrons. The van der Waals surface area contributed by atoms with Crippen molar-refractivity contribution in [2.75, 3.05) is 6.86 Å². The Morgan fingerprint density at radius 2 is 2.27 bits per heavy atom. The lowest BCUT2D eigenvalue weighted by Crippen LogP contribution is -1.91. The van der Waals surface area contributed by atoms with Gasteiger partial charge < -0.3 is 4.74 Å². The third-order valence-corrected chi connectivity index (χ3v) is 1.84. The zero-order chi connectivity index (χ0) is 8.27. The van der Waals surface area contributed by atoms with Crippen LogP contribution in [-0.4, -0.2) is 6.86 Å². The van der Waals surface area contributed by atoms with E-state index in [0.29, 0.717) is 5.75 Å². The molecule has 0 aliphatic carbocycles. The number of alkyl halides is 1. The van der Waals surface area contributed by atoms with Crippen molar-refractivity contribution in [2.24, 2.45) is 0 Å². The van der Waals surface area contributed by atoms with Crippen LogP contribution >= 0.6 is 15.9 Å². The lowest BCUT2D eigenvalue weighted by atomic mass is 10.2. The standard InChI is InChI=1S/C8H8BrFO/c1-6-4-7(9)2-3-8(6)11-5-10/h2-4H,5H2,1H3. The molecule has 0 bridgehead atoms. The van der Waals surface area contributed by atoms with Gasteiger partial charge in [-0.25, -0.2) is 4.39 Å². The van der Waals surface area contributed by atoms with Gasteiger partial charge in [0.15, 0.2) is 0 Å². The lowest BCUT2D eigenvalue weighted by molar-refractivity contribution is 0.190. The molecular formula is C8H8BrFO. The van der Waals surface area contributed by atoms with E-state index in [2.05, 4.69) is 15.9 Å². The first-order chi connectivity index (χ1) is 5.24. The Bertz CT molecular complexity index is 250. The number of hydrogen-bond acceptors (Lipinski definition) is 1. The van der Waals surface area contributed by atoms with Crippen molar-refractivity contribution in [1.29, 1.82) is 0 Å². The van der Waals surface area contributed by atoms with Crippen LogP contribution in [0.1, 0.15) is 5.56 Å². The Hall–Kier alpha value is -0.570. The van der Waals surface area contributed by atoms with Gasteiger partial charge >= 0.3 is 0 Å². The Morgan fingerprint density at radius 1 is 1.55 bits per heavy atom. The number of aryl methyl sites for hydroxylation is 1. The summed E-state index contributed by atoms with van der Waals surface area (Å²) in [4.78, 5) is 0. The van der Waals surface area contributed by atoms with Crippen molar-refractivity contribution in [3.05, 3.63) is 28.2 Å². The summed E-state index contributed by atoms with van der Waals surface area (Å²) in [6, 6.07) is 5.43. The van der Waals surface area contributed by atoms with Gasteiger partial charge in [0.05, 0.1) is 0 Å². The van der Waals surface area contributed by atoms with Crippen LogP contribution in [0.4, 0.5) is 4.39 Å². The normalized spacial score (nSPS) is 9.73. The number of hydrogen-bond donors (Lipinski definition) is 0. The number of rotatable bonds is 2. The molecule has 0 fully saturated rings. The molecule has 0 aliphatic heterocycles. The predicted molar refractivity (Wildman–Crippen MR) is 45.5 cm³/mol. The monoisotopic (exact) mass is 218 g/mol. The molecule has 0 aliphatic rings. The van der Waals surface area contributed by atoms with Crippen molar-refractivity contribution in [3.8, 4) is 5.75 Å². The zero-order valence-electron chi connectivity index (χ0n) is 6.10. The van der Waals surface area contributed by atoms with Gasteiger partial charge in [-0.2, -0.15) is 0 Å². The smallest absolute Gasteiger partial charge is 0.228 e. The van der Waals surface area contributed by atoms with E-state index in [0.717, 1.165) is 10.0 Å². The van der Waals surface area contributed by atoms with Crippen LogP contribution in [0.5, 0.6) is 5.75 Å². The molecule has 0 saturated carbocycles. The maximum absolute atomic E-state index is 11.7. The van der Waals surface area contributed by atoms with Gasteiger partial charge in [0, 0.05) is 4.47 Å². The summed E-state index contributed by atoms with van der Waals surface area (Å²) in [5, 5.41) is 0. The summed E-state index contributed by atoms with van der Waals surface area (Å²) in [6.45, 7) is 1.10. The molecule has 0 saturated heterocycles. The fraction of sp³-hybridized carbons (Fsp3) is 0.250. The van der Waals surface area contributed by atoms with Crippen LogP contribution < -0.4 is 4.74 Å². The van der Waals surface area contributed by atoms with Crippen LogP contribution in [0.2, 0.25) is 0 Å². The predicted octanol–water partition coefficient (Wildman–Crippen LogP) is 3.06. The first kappa shape index (κ1) is 8.53. The van der Waals surface area contributed by atoms with E-state index < -0.39 is 6.86 Å². The molecule has 1 nitrogen and oxygen atoms in total. The van der Waals surface area contributed by atoms with Crippen LogP contribution in [-0.2, 0) is 0 Å². The summed E-state index contributed by atoms with van der Waals surface area (Å²) >= 11 is 3.30. The summed E-state index contributed by atoms with van der Waals surface area (Å²) in [7, 11) is 0. The van der Waals surface area contributed by atoms with Crippen LogP contribution in [0.25, 0.3) is 0 Å². The van der Waals surface area contributed by atoms with Gasteiger partial charge in [0.1, 0.15) is 5.75 Å². The second-order valence-electron chi connectivity index (χ2n) is 2.16. The lowest BCUT2D eigenvalue weighted by Gasteiger charge is -2.04. The second kappa shape index (κ2) is 3.72. The minimum atomic E-state index is -0.775. The SMILES string of the molecule is Cc1cc(Br)ccc1OCF. The number of benzene rings is 1. The van der Waals surface area contributed by atoms with E-state index in [-0.39, 0.29) is 0 Å². The molecule has 60 valence electrons. The molecule has 0 aromatic heterocycles. The average molecular weight is 219 g/mol. The summed E-state index contributed by atoms with van der Waals surface area (Å²) < 4.78 is 17.4. The van der Waals surface area contributed by atoms with Gasteiger partial charge in [-0.05, 0) is 30.7 Å². The largest absolute Gasteiger partial charge is 0.463 e. The molecule has 1 aromatic rings. The average Bonchev–Trinajstić information content (AvgIpc) is 1.95. The molecular weight excluding hydrogens is 211 g/mol. The molecule has 0 atom stereocenters. The minimum Gasteiger partial charge on any atom is -0.463 e. The second-order valence-corrected chi connectivity index (χ2v) is 3.08. The molecule has 0 heterocycles. The van der Waals surface area contributed by atoms with Crippen LogP contribution in [0.3, 0.4) is 0 Å². The fourth-order valence-corrected chi connectivity index (χ4v) is 1.31. The van der Waals surface area contributed by atoms with Crippen molar-refractivity contribution in [2.45, 2.75) is 6.92 Å². The van der Waals surface area contributed by atoms with E-state index in [1.54, 1.807) is 6.07 Å². The van der Waals surface area contributed by atoms with E-state index >= 15 is 0 Å². The highest BCUT2D eigenvalue weighted by Gasteiger charge is 1.98. The maximum Gasteiger partial charge on any atom is 0.228 e. The molecule has 11 heavy (non-hydrogen) atoms. The molecule has 1 aromatic carbocycles. The van der Waals surface area contributed by atoms with Crippen LogP contribution in [0, 0.1) is 6.92 Å².